The lowest BCUT2D eigenvalue weighted by atomic mass is 10.3. The van der Waals surface area contributed by atoms with Gasteiger partial charge in [0.15, 0.2) is 0 Å². The molecule has 0 atom stereocenters. The smallest absolute Gasteiger partial charge is 0.418 e. The number of rotatable bonds is 3. The number of hydrogen-bond acceptors (Lipinski definition) is 4. The molecular formula is C12H9BF4N3O2-. The summed E-state index contributed by atoms with van der Waals surface area (Å²) in [5.41, 5.74) is 1.37. The van der Waals surface area contributed by atoms with Crippen molar-refractivity contribution in [3.63, 3.8) is 0 Å². The Morgan fingerprint density at radius 3 is 1.64 bits per heavy atom. The number of nitrogens with zero attached hydrogens (tertiary/aromatic N) is 3. The highest BCUT2D eigenvalue weighted by molar-refractivity contribution is 6.50. The number of azo groups is 1. The Balaban J connectivity index is 0.000000422. The van der Waals surface area contributed by atoms with Crippen LogP contribution < -0.4 is 0 Å². The SMILES string of the molecule is F[B-](F)(F)F.O=[N+]([O-])c1ccc(/N=N/c2ccccc2)cc1. The summed E-state index contributed by atoms with van der Waals surface area (Å²) in [5, 5.41) is 18.4. The Kier molecular flexibility index (Phi) is 6.17. The highest BCUT2D eigenvalue weighted by Gasteiger charge is 2.20. The van der Waals surface area contributed by atoms with Gasteiger partial charge in [-0.05, 0) is 24.3 Å². The second-order valence-electron chi connectivity index (χ2n) is 3.80. The van der Waals surface area contributed by atoms with Crippen molar-refractivity contribution in [1.29, 1.82) is 0 Å². The molecule has 0 aliphatic heterocycles. The Morgan fingerprint density at radius 2 is 1.23 bits per heavy atom. The molecule has 0 aliphatic carbocycles. The third kappa shape index (κ3) is 7.73. The topological polar surface area (TPSA) is 67.9 Å². The molecule has 0 heterocycles. The molecule has 0 amide bonds. The van der Waals surface area contributed by atoms with Crippen LogP contribution >= 0.6 is 0 Å². The van der Waals surface area contributed by atoms with Crippen molar-refractivity contribution in [2.24, 2.45) is 10.2 Å². The second kappa shape index (κ2) is 7.86. The molecule has 0 bridgehead atoms. The number of halogens is 4. The largest absolute Gasteiger partial charge is 0.673 e. The third-order valence-corrected chi connectivity index (χ3v) is 2.10. The predicted molar refractivity (Wildman–Crippen MR) is 73.9 cm³/mol. The Labute approximate surface area is 122 Å². The van der Waals surface area contributed by atoms with Crippen LogP contribution in [-0.2, 0) is 0 Å². The summed E-state index contributed by atoms with van der Waals surface area (Å²) in [5.74, 6) is 0. The molecule has 0 saturated carbocycles. The van der Waals surface area contributed by atoms with E-state index in [4.69, 9.17) is 0 Å². The number of nitro groups is 1. The first-order valence-corrected chi connectivity index (χ1v) is 5.84. The first kappa shape index (κ1) is 17.3. The van der Waals surface area contributed by atoms with E-state index < -0.39 is 12.2 Å². The molecule has 0 aliphatic rings. The highest BCUT2D eigenvalue weighted by Crippen LogP contribution is 2.20. The minimum atomic E-state index is -6.00. The van der Waals surface area contributed by atoms with Crippen LogP contribution in [-0.4, -0.2) is 12.2 Å². The van der Waals surface area contributed by atoms with Crippen molar-refractivity contribution in [1.82, 2.24) is 0 Å². The zero-order chi connectivity index (χ0) is 16.6. The third-order valence-electron chi connectivity index (χ3n) is 2.10. The minimum Gasteiger partial charge on any atom is -0.418 e. The van der Waals surface area contributed by atoms with E-state index in [1.807, 2.05) is 30.3 Å². The Hall–Kier alpha value is -2.78. The molecule has 0 spiro atoms. The summed E-state index contributed by atoms with van der Waals surface area (Å²) in [6, 6.07) is 15.2. The quantitative estimate of drug-likeness (QED) is 0.253. The summed E-state index contributed by atoms with van der Waals surface area (Å²) in [6.45, 7) is 0. The second-order valence-corrected chi connectivity index (χ2v) is 3.80. The Bertz CT molecular complexity index is 627. The van der Waals surface area contributed by atoms with Gasteiger partial charge in [0.1, 0.15) is 0 Å². The molecule has 2 aromatic rings. The number of hydrogen-bond donors (Lipinski definition) is 0. The van der Waals surface area contributed by atoms with Crippen molar-refractivity contribution in [3.8, 4) is 0 Å². The van der Waals surface area contributed by atoms with Gasteiger partial charge in [-0.25, -0.2) is 0 Å². The number of non-ortho nitro benzene ring substituents is 1. The first-order valence-electron chi connectivity index (χ1n) is 5.84. The van der Waals surface area contributed by atoms with Gasteiger partial charge in [0.05, 0.1) is 16.3 Å². The molecular weight excluding hydrogens is 305 g/mol. The van der Waals surface area contributed by atoms with E-state index in [0.29, 0.717) is 5.69 Å². The van der Waals surface area contributed by atoms with E-state index in [2.05, 4.69) is 10.2 Å². The molecule has 5 nitrogen and oxygen atoms in total. The van der Waals surface area contributed by atoms with Crippen molar-refractivity contribution in [2.75, 3.05) is 0 Å². The van der Waals surface area contributed by atoms with Crippen LogP contribution in [0.1, 0.15) is 0 Å². The van der Waals surface area contributed by atoms with Crippen molar-refractivity contribution < 1.29 is 22.2 Å². The standard InChI is InChI=1S/C12H9N3O2.BF4/c16-15(17)12-8-6-11(7-9-12)14-13-10-4-2-1-3-5-10;2-1(3,4)5/h1-9H;/q;-1/b14-13+;. The van der Waals surface area contributed by atoms with Crippen LogP contribution in [0.25, 0.3) is 0 Å². The van der Waals surface area contributed by atoms with E-state index >= 15 is 0 Å². The van der Waals surface area contributed by atoms with Crippen molar-refractivity contribution >= 4 is 24.3 Å². The molecule has 0 unspecified atom stereocenters. The molecule has 0 N–H and O–H groups in total. The van der Waals surface area contributed by atoms with Gasteiger partial charge in [-0.2, -0.15) is 10.2 Å². The maximum Gasteiger partial charge on any atom is 0.673 e. The zero-order valence-electron chi connectivity index (χ0n) is 10.9. The van der Waals surface area contributed by atoms with Crippen LogP contribution in [0.4, 0.5) is 34.3 Å². The maximum atomic E-state index is 10.4. The zero-order valence-corrected chi connectivity index (χ0v) is 10.9. The van der Waals surface area contributed by atoms with Crippen molar-refractivity contribution in [2.45, 2.75) is 0 Å². The first-order chi connectivity index (χ1) is 10.3. The fraction of sp³-hybridized carbons (Fsp3) is 0. The summed E-state index contributed by atoms with van der Waals surface area (Å²) >= 11 is 0. The molecule has 2 rings (SSSR count). The molecule has 0 fully saturated rings. The lowest BCUT2D eigenvalue weighted by Gasteiger charge is -1.94. The van der Waals surface area contributed by atoms with Gasteiger partial charge >= 0.3 is 7.25 Å². The monoisotopic (exact) mass is 314 g/mol. The van der Waals surface area contributed by atoms with E-state index in [1.54, 1.807) is 12.1 Å². The van der Waals surface area contributed by atoms with Gasteiger partial charge in [-0.3, -0.25) is 10.1 Å². The molecule has 22 heavy (non-hydrogen) atoms. The van der Waals surface area contributed by atoms with Crippen LogP contribution in [0.15, 0.2) is 64.8 Å². The van der Waals surface area contributed by atoms with Gasteiger partial charge in [-0.15, -0.1) is 0 Å². The van der Waals surface area contributed by atoms with Crippen molar-refractivity contribution in [3.05, 3.63) is 64.7 Å². The van der Waals surface area contributed by atoms with Crippen LogP contribution in [0.5, 0.6) is 0 Å². The number of benzene rings is 2. The molecule has 0 aromatic heterocycles. The predicted octanol–water partition coefficient (Wildman–Crippen LogP) is 5.31. The van der Waals surface area contributed by atoms with E-state index in [1.165, 1.54) is 12.1 Å². The molecule has 0 saturated heterocycles. The maximum absolute atomic E-state index is 10.4. The van der Waals surface area contributed by atoms with Crippen LogP contribution in [0.2, 0.25) is 0 Å². The van der Waals surface area contributed by atoms with Crippen LogP contribution in [0.3, 0.4) is 0 Å². The summed E-state index contributed by atoms with van der Waals surface area (Å²) in [6.07, 6.45) is 0. The van der Waals surface area contributed by atoms with Gasteiger partial charge < -0.3 is 17.3 Å². The molecule has 2 aromatic carbocycles. The van der Waals surface area contributed by atoms with Gasteiger partial charge in [0, 0.05) is 12.1 Å². The van der Waals surface area contributed by atoms with E-state index in [9.17, 15) is 27.4 Å². The fourth-order valence-electron chi connectivity index (χ4n) is 1.25. The summed E-state index contributed by atoms with van der Waals surface area (Å²) in [4.78, 5) is 10.00. The molecule has 0 radical (unpaired) electrons. The lowest BCUT2D eigenvalue weighted by molar-refractivity contribution is -0.384. The average molecular weight is 314 g/mol. The minimum absolute atomic E-state index is 0.0451. The average Bonchev–Trinajstić information content (AvgIpc) is 2.45. The van der Waals surface area contributed by atoms with Gasteiger partial charge in [0.2, 0.25) is 0 Å². The Morgan fingerprint density at radius 1 is 0.818 bits per heavy atom. The molecule has 116 valence electrons. The fourth-order valence-corrected chi connectivity index (χ4v) is 1.25. The number of nitro benzene ring substituents is 1. The lowest BCUT2D eigenvalue weighted by Crippen LogP contribution is -2.02. The normalized spacial score (nSPS) is 10.9. The van der Waals surface area contributed by atoms with Gasteiger partial charge in [0.25, 0.3) is 5.69 Å². The molecule has 10 heteroatoms. The van der Waals surface area contributed by atoms with E-state index in [-0.39, 0.29) is 5.69 Å². The van der Waals surface area contributed by atoms with Crippen LogP contribution in [0, 0.1) is 10.1 Å². The highest BCUT2D eigenvalue weighted by atomic mass is 19.5. The van der Waals surface area contributed by atoms with Gasteiger partial charge in [-0.1, -0.05) is 18.2 Å². The summed E-state index contributed by atoms with van der Waals surface area (Å²) in [7, 11) is -6.00. The van der Waals surface area contributed by atoms with E-state index in [0.717, 1.165) is 5.69 Å². The summed E-state index contributed by atoms with van der Waals surface area (Å²) < 4.78 is 39.0.